The molecule has 0 saturated heterocycles. The molecule has 0 saturated carbocycles. The average Bonchev–Trinajstić information content (AvgIpc) is 2.83. The molecule has 118 valence electrons. The van der Waals surface area contributed by atoms with Crippen LogP contribution in [0.4, 0.5) is 10.1 Å². The summed E-state index contributed by atoms with van der Waals surface area (Å²) in [4.78, 5) is 12.1. The molecule has 9 heteroatoms. The van der Waals surface area contributed by atoms with Crippen LogP contribution in [0.5, 0.6) is 0 Å². The van der Waals surface area contributed by atoms with Crippen molar-refractivity contribution in [1.29, 1.82) is 0 Å². The summed E-state index contributed by atoms with van der Waals surface area (Å²) in [6, 6.07) is 5.20. The van der Waals surface area contributed by atoms with Crippen molar-refractivity contribution in [3.63, 3.8) is 0 Å². The lowest BCUT2D eigenvalue weighted by atomic mass is 10.2. The number of rotatable bonds is 5. The Morgan fingerprint density at radius 3 is 2.77 bits per heavy atom. The van der Waals surface area contributed by atoms with Crippen molar-refractivity contribution >= 4 is 44.6 Å². The fourth-order valence-electron chi connectivity index (χ4n) is 1.60. The van der Waals surface area contributed by atoms with Crippen molar-refractivity contribution in [1.82, 2.24) is 0 Å². The topological polar surface area (TPSA) is 72.5 Å². The van der Waals surface area contributed by atoms with Crippen molar-refractivity contribution in [2.75, 3.05) is 11.0 Å². The summed E-state index contributed by atoms with van der Waals surface area (Å²) < 4.78 is 42.7. The zero-order valence-electron chi connectivity index (χ0n) is 11.3. The minimum absolute atomic E-state index is 0.128. The molecule has 0 unspecified atom stereocenters. The van der Waals surface area contributed by atoms with Crippen LogP contribution in [-0.2, 0) is 21.4 Å². The number of carbonyl (C=O) groups is 1. The predicted molar refractivity (Wildman–Crippen MR) is 83.3 cm³/mol. The monoisotopic (exact) mass is 363 g/mol. The van der Waals surface area contributed by atoms with Crippen molar-refractivity contribution in [2.45, 2.75) is 6.61 Å². The number of ether oxygens (including phenoxy) is 1. The molecule has 0 spiro atoms. The summed E-state index contributed by atoms with van der Waals surface area (Å²) in [5.74, 6) is -1.18. The van der Waals surface area contributed by atoms with Crippen LogP contribution in [0.25, 0.3) is 0 Å². The van der Waals surface area contributed by atoms with Gasteiger partial charge in [-0.15, -0.1) is 11.3 Å². The summed E-state index contributed by atoms with van der Waals surface area (Å²) in [7, 11) is -3.50. The molecule has 0 radical (unpaired) electrons. The Balaban J connectivity index is 2.09. The van der Waals surface area contributed by atoms with Crippen LogP contribution in [0, 0.1) is 5.82 Å². The second-order valence-electron chi connectivity index (χ2n) is 4.35. The number of halogens is 2. The lowest BCUT2D eigenvalue weighted by Crippen LogP contribution is -2.12. The molecule has 0 aliphatic carbocycles. The predicted octanol–water partition coefficient (Wildman–Crippen LogP) is 3.27. The van der Waals surface area contributed by atoms with E-state index < -0.39 is 21.8 Å². The first-order valence-corrected chi connectivity index (χ1v) is 9.07. The van der Waals surface area contributed by atoms with E-state index in [1.54, 1.807) is 5.38 Å². The summed E-state index contributed by atoms with van der Waals surface area (Å²) in [6.07, 6.45) is 0.984. The Morgan fingerprint density at radius 1 is 1.41 bits per heavy atom. The first-order chi connectivity index (χ1) is 10.3. The van der Waals surface area contributed by atoms with Crippen LogP contribution >= 0.6 is 22.9 Å². The Bertz CT molecular complexity index is 804. The zero-order chi connectivity index (χ0) is 16.3. The number of carbonyl (C=O) groups excluding carboxylic acids is 1. The smallest absolute Gasteiger partial charge is 0.350 e. The van der Waals surface area contributed by atoms with Gasteiger partial charge in [-0.3, -0.25) is 4.72 Å². The van der Waals surface area contributed by atoms with Gasteiger partial charge in [-0.25, -0.2) is 17.6 Å². The molecule has 22 heavy (non-hydrogen) atoms. The first-order valence-electron chi connectivity index (χ1n) is 5.92. The average molecular weight is 364 g/mol. The van der Waals surface area contributed by atoms with Crippen LogP contribution in [0.15, 0.2) is 29.6 Å². The SMILES string of the molecule is CS(=O)(=O)Nc1ccsc1C(=O)OCc1ccc(F)cc1Cl. The Labute approximate surface area is 135 Å². The van der Waals surface area contributed by atoms with E-state index in [4.69, 9.17) is 16.3 Å². The maximum atomic E-state index is 12.9. The molecule has 0 aliphatic rings. The van der Waals surface area contributed by atoms with E-state index in [1.807, 2.05) is 0 Å². The van der Waals surface area contributed by atoms with Crippen LogP contribution in [0.3, 0.4) is 0 Å². The molecule has 0 fully saturated rings. The van der Waals surface area contributed by atoms with E-state index in [1.165, 1.54) is 18.2 Å². The van der Waals surface area contributed by atoms with Crippen LogP contribution in [0.1, 0.15) is 15.2 Å². The quantitative estimate of drug-likeness (QED) is 0.827. The van der Waals surface area contributed by atoms with E-state index in [2.05, 4.69) is 4.72 Å². The fraction of sp³-hybridized carbons (Fsp3) is 0.154. The van der Waals surface area contributed by atoms with Gasteiger partial charge in [-0.1, -0.05) is 17.7 Å². The van der Waals surface area contributed by atoms with Gasteiger partial charge in [0.1, 0.15) is 17.3 Å². The summed E-state index contributed by atoms with van der Waals surface area (Å²) in [6.45, 7) is -0.145. The molecule has 0 amide bonds. The molecular weight excluding hydrogens is 353 g/mol. The highest BCUT2D eigenvalue weighted by Crippen LogP contribution is 2.25. The Hall–Kier alpha value is -1.64. The van der Waals surface area contributed by atoms with Gasteiger partial charge >= 0.3 is 5.97 Å². The molecule has 0 bridgehead atoms. The van der Waals surface area contributed by atoms with Gasteiger partial charge in [-0.05, 0) is 23.6 Å². The maximum Gasteiger partial charge on any atom is 0.350 e. The van der Waals surface area contributed by atoms with Gasteiger partial charge < -0.3 is 4.74 Å². The molecular formula is C13H11ClFNO4S2. The number of anilines is 1. The third kappa shape index (κ3) is 4.43. The van der Waals surface area contributed by atoms with E-state index in [0.29, 0.717) is 5.56 Å². The largest absolute Gasteiger partial charge is 0.457 e. The molecule has 5 nitrogen and oxygen atoms in total. The highest BCUT2D eigenvalue weighted by atomic mass is 35.5. The van der Waals surface area contributed by atoms with Gasteiger partial charge in [-0.2, -0.15) is 0 Å². The summed E-state index contributed by atoms with van der Waals surface area (Å²) in [5, 5.41) is 1.71. The van der Waals surface area contributed by atoms with Gasteiger partial charge in [0.25, 0.3) is 0 Å². The highest BCUT2D eigenvalue weighted by Gasteiger charge is 2.17. The number of hydrogen-bond donors (Lipinski definition) is 1. The number of sulfonamides is 1. The highest BCUT2D eigenvalue weighted by molar-refractivity contribution is 7.92. The fourth-order valence-corrected chi connectivity index (χ4v) is 3.19. The minimum Gasteiger partial charge on any atom is -0.457 e. The van der Waals surface area contributed by atoms with Crippen molar-refractivity contribution in [2.24, 2.45) is 0 Å². The molecule has 1 heterocycles. The Kier molecular flexibility index (Phi) is 5.05. The van der Waals surface area contributed by atoms with Crippen molar-refractivity contribution < 1.29 is 22.3 Å². The number of thiophene rings is 1. The second kappa shape index (κ2) is 6.64. The van der Waals surface area contributed by atoms with E-state index >= 15 is 0 Å². The third-order valence-electron chi connectivity index (χ3n) is 2.52. The lowest BCUT2D eigenvalue weighted by Gasteiger charge is -2.08. The third-order valence-corrected chi connectivity index (χ3v) is 4.36. The van der Waals surface area contributed by atoms with Crippen molar-refractivity contribution in [3.8, 4) is 0 Å². The molecule has 0 atom stereocenters. The molecule has 1 aromatic carbocycles. The number of hydrogen-bond acceptors (Lipinski definition) is 5. The molecule has 0 aliphatic heterocycles. The lowest BCUT2D eigenvalue weighted by molar-refractivity contribution is 0.0480. The Morgan fingerprint density at radius 2 is 2.14 bits per heavy atom. The first kappa shape index (κ1) is 16.7. The van der Waals surface area contributed by atoms with Crippen LogP contribution in [-0.4, -0.2) is 20.6 Å². The molecule has 2 rings (SSSR count). The normalized spacial score (nSPS) is 11.2. The van der Waals surface area contributed by atoms with Gasteiger partial charge in [0.15, 0.2) is 0 Å². The minimum atomic E-state index is -3.50. The second-order valence-corrected chi connectivity index (χ2v) is 7.42. The zero-order valence-corrected chi connectivity index (χ0v) is 13.7. The van der Waals surface area contributed by atoms with E-state index in [9.17, 15) is 17.6 Å². The van der Waals surface area contributed by atoms with Crippen LogP contribution in [0.2, 0.25) is 5.02 Å². The molecule has 1 aromatic heterocycles. The van der Waals surface area contributed by atoms with Gasteiger partial charge in [0, 0.05) is 5.56 Å². The van der Waals surface area contributed by atoms with Gasteiger partial charge in [0.05, 0.1) is 17.0 Å². The number of nitrogens with one attached hydrogen (secondary N) is 1. The number of benzene rings is 1. The number of esters is 1. The standard InChI is InChI=1S/C13H11ClFNO4S2/c1-22(18,19)16-11-4-5-21-12(11)13(17)20-7-8-2-3-9(15)6-10(8)14/h2-6,16H,7H2,1H3. The van der Waals surface area contributed by atoms with Crippen LogP contribution < -0.4 is 4.72 Å². The molecule has 1 N–H and O–H groups in total. The summed E-state index contributed by atoms with van der Waals surface area (Å²) >= 11 is 6.88. The van der Waals surface area contributed by atoms with E-state index in [-0.39, 0.29) is 22.2 Å². The van der Waals surface area contributed by atoms with Gasteiger partial charge in [0.2, 0.25) is 10.0 Å². The molecule has 2 aromatic rings. The van der Waals surface area contributed by atoms with Crippen molar-refractivity contribution in [3.05, 3.63) is 50.9 Å². The van der Waals surface area contributed by atoms with E-state index in [0.717, 1.165) is 23.7 Å². The summed E-state index contributed by atoms with van der Waals surface area (Å²) in [5.41, 5.74) is 0.605. The maximum absolute atomic E-state index is 12.9.